The lowest BCUT2D eigenvalue weighted by Gasteiger charge is -2.39. The average Bonchev–Trinajstić information content (AvgIpc) is 2.99. The summed E-state index contributed by atoms with van der Waals surface area (Å²) >= 11 is 0. The topological polar surface area (TPSA) is 82.6 Å². The summed E-state index contributed by atoms with van der Waals surface area (Å²) in [7, 11) is 1.78. The first kappa shape index (κ1) is 21.0. The van der Waals surface area contributed by atoms with E-state index in [1.807, 2.05) is 43.0 Å². The molecule has 2 aliphatic heterocycles. The van der Waals surface area contributed by atoms with Crippen molar-refractivity contribution in [1.82, 2.24) is 15.2 Å². The summed E-state index contributed by atoms with van der Waals surface area (Å²) in [6.07, 6.45) is 4.56. The van der Waals surface area contributed by atoms with Crippen LogP contribution in [0.2, 0.25) is 0 Å². The molecule has 1 aromatic heterocycles. The van der Waals surface area contributed by atoms with E-state index in [1.165, 1.54) is 0 Å². The van der Waals surface area contributed by atoms with E-state index in [2.05, 4.69) is 10.3 Å². The minimum atomic E-state index is -0.669. The van der Waals surface area contributed by atoms with Gasteiger partial charge in [-0.15, -0.1) is 0 Å². The number of carbonyl (C=O) groups excluding carboxylic acids is 3. The Kier molecular flexibility index (Phi) is 5.52. The minimum Gasteiger partial charge on any atom is -0.348 e. The number of benzene rings is 1. The zero-order chi connectivity index (χ0) is 22.2. The van der Waals surface area contributed by atoms with E-state index in [0.717, 1.165) is 16.8 Å². The maximum absolute atomic E-state index is 13.3. The van der Waals surface area contributed by atoms with Crippen LogP contribution in [-0.2, 0) is 21.5 Å². The van der Waals surface area contributed by atoms with E-state index in [0.29, 0.717) is 38.0 Å². The lowest BCUT2D eigenvalue weighted by Crippen LogP contribution is -2.50. The van der Waals surface area contributed by atoms with Crippen molar-refractivity contribution in [3.8, 4) is 0 Å². The molecule has 0 unspecified atom stereocenters. The number of aromatic nitrogens is 1. The van der Waals surface area contributed by atoms with Crippen LogP contribution in [0.4, 0.5) is 5.69 Å². The molecule has 3 heterocycles. The van der Waals surface area contributed by atoms with Crippen LogP contribution in [0.15, 0.2) is 42.7 Å². The Labute approximate surface area is 182 Å². The number of anilines is 1. The number of rotatable bonds is 4. The SMILES string of the molecule is CC(C)C(=O)N1CCC2(CC1)C(=O)N(C)c1ccc(C(=O)NCc3cccnc3)cc12. The zero-order valence-corrected chi connectivity index (χ0v) is 18.2. The first-order valence-corrected chi connectivity index (χ1v) is 10.7. The fraction of sp³-hybridized carbons (Fsp3) is 0.417. The molecule has 4 rings (SSSR count). The van der Waals surface area contributed by atoms with Gasteiger partial charge in [-0.25, -0.2) is 0 Å². The highest BCUT2D eigenvalue weighted by Crippen LogP contribution is 2.47. The highest BCUT2D eigenvalue weighted by molar-refractivity contribution is 6.09. The van der Waals surface area contributed by atoms with Crippen molar-refractivity contribution >= 4 is 23.4 Å². The van der Waals surface area contributed by atoms with Crippen LogP contribution in [0.1, 0.15) is 48.2 Å². The normalized spacial score (nSPS) is 17.2. The van der Waals surface area contributed by atoms with Crippen LogP contribution in [0.25, 0.3) is 0 Å². The van der Waals surface area contributed by atoms with Crippen LogP contribution < -0.4 is 10.2 Å². The Morgan fingerprint density at radius 1 is 1.19 bits per heavy atom. The maximum Gasteiger partial charge on any atom is 0.251 e. The van der Waals surface area contributed by atoms with Crippen molar-refractivity contribution in [1.29, 1.82) is 0 Å². The number of carbonyl (C=O) groups is 3. The highest BCUT2D eigenvalue weighted by atomic mass is 16.2. The average molecular weight is 421 g/mol. The third-order valence-corrected chi connectivity index (χ3v) is 6.45. The van der Waals surface area contributed by atoms with Gasteiger partial charge in [0.25, 0.3) is 5.91 Å². The standard InChI is InChI=1S/C24H28N4O3/c1-16(2)22(30)28-11-8-24(9-12-28)19-13-18(6-7-20(19)27(3)23(24)31)21(29)26-15-17-5-4-10-25-14-17/h4-7,10,13-14,16H,8-9,11-12,15H2,1-3H3,(H,26,29). The number of nitrogens with zero attached hydrogens (tertiary/aromatic N) is 3. The van der Waals surface area contributed by atoms with Gasteiger partial charge in [-0.1, -0.05) is 19.9 Å². The number of hydrogen-bond acceptors (Lipinski definition) is 4. The minimum absolute atomic E-state index is 0.0482. The van der Waals surface area contributed by atoms with Crippen molar-refractivity contribution in [2.45, 2.75) is 38.6 Å². The molecule has 0 aliphatic carbocycles. The summed E-state index contributed by atoms with van der Waals surface area (Å²) in [5, 5.41) is 2.92. The van der Waals surface area contributed by atoms with Gasteiger partial charge >= 0.3 is 0 Å². The highest BCUT2D eigenvalue weighted by Gasteiger charge is 2.51. The van der Waals surface area contributed by atoms with Gasteiger partial charge in [-0.05, 0) is 48.2 Å². The second-order valence-electron chi connectivity index (χ2n) is 8.70. The lowest BCUT2D eigenvalue weighted by atomic mass is 9.73. The molecule has 0 radical (unpaired) electrons. The zero-order valence-electron chi connectivity index (χ0n) is 18.2. The van der Waals surface area contributed by atoms with Crippen LogP contribution in [0.3, 0.4) is 0 Å². The summed E-state index contributed by atoms with van der Waals surface area (Å²) in [5.41, 5.74) is 2.52. The third-order valence-electron chi connectivity index (χ3n) is 6.45. The lowest BCUT2D eigenvalue weighted by molar-refractivity contribution is -0.138. The molecule has 1 fully saturated rings. The summed E-state index contributed by atoms with van der Waals surface area (Å²) < 4.78 is 0. The molecule has 2 aliphatic rings. The van der Waals surface area contributed by atoms with E-state index < -0.39 is 5.41 Å². The summed E-state index contributed by atoms with van der Waals surface area (Å²) in [6.45, 7) is 5.28. The van der Waals surface area contributed by atoms with Crippen molar-refractivity contribution in [2.24, 2.45) is 5.92 Å². The summed E-state index contributed by atoms with van der Waals surface area (Å²) in [4.78, 5) is 46.0. The number of hydrogen-bond donors (Lipinski definition) is 1. The van der Waals surface area contributed by atoms with Crippen LogP contribution in [-0.4, -0.2) is 47.7 Å². The van der Waals surface area contributed by atoms with E-state index in [-0.39, 0.29) is 23.6 Å². The Bertz CT molecular complexity index is 1010. The van der Waals surface area contributed by atoms with E-state index in [9.17, 15) is 14.4 Å². The van der Waals surface area contributed by atoms with Gasteiger partial charge in [0.1, 0.15) is 0 Å². The molecular formula is C24H28N4O3. The molecule has 0 atom stereocenters. The molecule has 1 aromatic carbocycles. The summed E-state index contributed by atoms with van der Waals surface area (Å²) in [6, 6.07) is 9.21. The molecule has 1 spiro atoms. The second-order valence-corrected chi connectivity index (χ2v) is 8.70. The maximum atomic E-state index is 13.3. The number of amides is 3. The number of likely N-dealkylation sites (tertiary alicyclic amines) is 1. The van der Waals surface area contributed by atoms with Crippen molar-refractivity contribution in [3.63, 3.8) is 0 Å². The molecule has 3 amide bonds. The largest absolute Gasteiger partial charge is 0.348 e. The van der Waals surface area contributed by atoms with Crippen molar-refractivity contribution in [2.75, 3.05) is 25.0 Å². The summed E-state index contributed by atoms with van der Waals surface area (Å²) in [5.74, 6) is -0.0703. The second kappa shape index (κ2) is 8.13. The van der Waals surface area contributed by atoms with E-state index in [1.54, 1.807) is 30.4 Å². The van der Waals surface area contributed by atoms with Gasteiger partial charge in [0.15, 0.2) is 0 Å². The first-order valence-electron chi connectivity index (χ1n) is 10.7. The molecule has 1 N–H and O–H groups in total. The van der Waals surface area contributed by atoms with Crippen LogP contribution in [0, 0.1) is 5.92 Å². The number of likely N-dealkylation sites (N-methyl/N-ethyl adjacent to an activating group) is 1. The van der Waals surface area contributed by atoms with Crippen molar-refractivity contribution < 1.29 is 14.4 Å². The Morgan fingerprint density at radius 3 is 2.58 bits per heavy atom. The van der Waals surface area contributed by atoms with Crippen LogP contribution >= 0.6 is 0 Å². The number of piperidine rings is 1. The number of fused-ring (bicyclic) bond motifs is 2. The smallest absolute Gasteiger partial charge is 0.251 e. The third kappa shape index (κ3) is 3.69. The quantitative estimate of drug-likeness (QED) is 0.824. The van der Waals surface area contributed by atoms with Gasteiger partial charge in [-0.3, -0.25) is 19.4 Å². The number of nitrogens with one attached hydrogen (secondary N) is 1. The molecule has 7 heteroatoms. The predicted octanol–water partition coefficient (Wildman–Crippen LogP) is 2.50. The molecule has 0 saturated carbocycles. The molecule has 1 saturated heterocycles. The fourth-order valence-corrected chi connectivity index (χ4v) is 4.64. The molecule has 7 nitrogen and oxygen atoms in total. The molecular weight excluding hydrogens is 392 g/mol. The Balaban J connectivity index is 1.56. The number of pyridine rings is 1. The monoisotopic (exact) mass is 420 g/mol. The van der Waals surface area contributed by atoms with Gasteiger partial charge in [-0.2, -0.15) is 0 Å². The molecule has 0 bridgehead atoms. The van der Waals surface area contributed by atoms with E-state index >= 15 is 0 Å². The first-order chi connectivity index (χ1) is 14.8. The van der Waals surface area contributed by atoms with Gasteiger partial charge in [0.05, 0.1) is 5.41 Å². The Hall–Kier alpha value is -3.22. The Morgan fingerprint density at radius 2 is 1.94 bits per heavy atom. The molecule has 162 valence electrons. The van der Waals surface area contributed by atoms with Gasteiger partial charge in [0.2, 0.25) is 11.8 Å². The van der Waals surface area contributed by atoms with Crippen LogP contribution in [0.5, 0.6) is 0 Å². The fourth-order valence-electron chi connectivity index (χ4n) is 4.64. The van der Waals surface area contributed by atoms with E-state index in [4.69, 9.17) is 0 Å². The predicted molar refractivity (Wildman–Crippen MR) is 118 cm³/mol. The van der Waals surface area contributed by atoms with Gasteiger partial charge in [0, 0.05) is 56.2 Å². The van der Waals surface area contributed by atoms with Crippen molar-refractivity contribution in [3.05, 3.63) is 59.4 Å². The van der Waals surface area contributed by atoms with Gasteiger partial charge < -0.3 is 15.1 Å². The molecule has 2 aromatic rings. The molecule has 31 heavy (non-hydrogen) atoms.